The van der Waals surface area contributed by atoms with Crippen LogP contribution in [0, 0.1) is 5.41 Å². The Labute approximate surface area is 114 Å². The second kappa shape index (κ2) is 5.39. The average Bonchev–Trinajstić information content (AvgIpc) is 2.87. The maximum absolute atomic E-state index is 5.42. The largest absolute Gasteiger partial charge is 0.454 e. The summed E-state index contributed by atoms with van der Waals surface area (Å²) in [4.78, 5) is 0. The third-order valence-corrected chi connectivity index (χ3v) is 4.02. The van der Waals surface area contributed by atoms with Crippen LogP contribution in [0.25, 0.3) is 0 Å². The van der Waals surface area contributed by atoms with E-state index < -0.39 is 0 Å². The smallest absolute Gasteiger partial charge is 0.231 e. The molecule has 1 N–H and O–H groups in total. The molecule has 1 aromatic carbocycles. The van der Waals surface area contributed by atoms with Gasteiger partial charge in [-0.05, 0) is 36.0 Å². The first-order valence-corrected chi connectivity index (χ1v) is 6.92. The third-order valence-electron chi connectivity index (χ3n) is 4.02. The van der Waals surface area contributed by atoms with Gasteiger partial charge in [0, 0.05) is 26.3 Å². The topological polar surface area (TPSA) is 39.7 Å². The van der Waals surface area contributed by atoms with Gasteiger partial charge in [-0.15, -0.1) is 0 Å². The lowest BCUT2D eigenvalue weighted by molar-refractivity contribution is 0.0240. The van der Waals surface area contributed by atoms with Gasteiger partial charge in [0.05, 0.1) is 0 Å². The number of ether oxygens (including phenoxy) is 3. The lowest BCUT2D eigenvalue weighted by Gasteiger charge is -2.33. The molecule has 1 aromatic rings. The molecule has 0 bridgehead atoms. The second-order valence-corrected chi connectivity index (χ2v) is 5.71. The van der Waals surface area contributed by atoms with Gasteiger partial charge in [0.2, 0.25) is 6.79 Å². The molecule has 2 aliphatic heterocycles. The van der Waals surface area contributed by atoms with Gasteiger partial charge in [0.1, 0.15) is 0 Å². The molecule has 0 radical (unpaired) electrons. The van der Waals surface area contributed by atoms with Gasteiger partial charge in [-0.25, -0.2) is 0 Å². The van der Waals surface area contributed by atoms with Crippen LogP contribution in [0.3, 0.4) is 0 Å². The summed E-state index contributed by atoms with van der Waals surface area (Å²) < 4.78 is 16.1. The highest BCUT2D eigenvalue weighted by Crippen LogP contribution is 2.33. The molecule has 1 fully saturated rings. The van der Waals surface area contributed by atoms with Crippen LogP contribution in [-0.4, -0.2) is 26.6 Å². The summed E-state index contributed by atoms with van der Waals surface area (Å²) in [5.41, 5.74) is 1.61. The van der Waals surface area contributed by atoms with E-state index in [1.165, 1.54) is 5.56 Å². The zero-order chi connectivity index (χ0) is 13.1. The Bertz CT molecular complexity index is 441. The number of benzene rings is 1. The molecule has 0 amide bonds. The summed E-state index contributed by atoms with van der Waals surface area (Å²) >= 11 is 0. The Morgan fingerprint density at radius 1 is 1.16 bits per heavy atom. The molecule has 0 spiro atoms. The fourth-order valence-electron chi connectivity index (χ4n) is 2.60. The van der Waals surface area contributed by atoms with Gasteiger partial charge in [-0.1, -0.05) is 13.0 Å². The molecular formula is C15H21NO3. The van der Waals surface area contributed by atoms with Gasteiger partial charge >= 0.3 is 0 Å². The first-order chi connectivity index (χ1) is 9.25. The normalized spacial score (nSPS) is 20.5. The van der Waals surface area contributed by atoms with Crippen molar-refractivity contribution in [2.24, 2.45) is 5.41 Å². The van der Waals surface area contributed by atoms with Crippen LogP contribution in [-0.2, 0) is 11.3 Å². The Morgan fingerprint density at radius 2 is 1.95 bits per heavy atom. The monoisotopic (exact) mass is 263 g/mol. The number of fused-ring (bicyclic) bond motifs is 1. The van der Waals surface area contributed by atoms with Crippen LogP contribution in [0.15, 0.2) is 18.2 Å². The van der Waals surface area contributed by atoms with Crippen molar-refractivity contribution in [1.82, 2.24) is 5.32 Å². The number of nitrogens with one attached hydrogen (secondary N) is 1. The summed E-state index contributed by atoms with van der Waals surface area (Å²) in [6.45, 7) is 6.36. The van der Waals surface area contributed by atoms with Crippen LogP contribution in [0.1, 0.15) is 25.3 Å². The Kier molecular flexibility index (Phi) is 3.62. The SMILES string of the molecule is CC1(CNCc2ccc3c(c2)OCO3)CCOCC1. The van der Waals surface area contributed by atoms with Crippen LogP contribution in [0.5, 0.6) is 11.5 Å². The van der Waals surface area contributed by atoms with Gasteiger partial charge < -0.3 is 19.5 Å². The Hall–Kier alpha value is -1.26. The minimum Gasteiger partial charge on any atom is -0.454 e. The van der Waals surface area contributed by atoms with E-state index in [1.54, 1.807) is 0 Å². The lowest BCUT2D eigenvalue weighted by atomic mass is 9.82. The van der Waals surface area contributed by atoms with Crippen LogP contribution in [0.4, 0.5) is 0 Å². The maximum Gasteiger partial charge on any atom is 0.231 e. The fraction of sp³-hybridized carbons (Fsp3) is 0.600. The molecule has 0 atom stereocenters. The number of rotatable bonds is 4. The predicted molar refractivity (Wildman–Crippen MR) is 72.4 cm³/mol. The zero-order valence-electron chi connectivity index (χ0n) is 11.4. The van der Waals surface area contributed by atoms with Crippen molar-refractivity contribution in [3.8, 4) is 11.5 Å². The molecule has 0 unspecified atom stereocenters. The molecule has 0 saturated carbocycles. The highest BCUT2D eigenvalue weighted by atomic mass is 16.7. The minimum absolute atomic E-state index is 0.338. The summed E-state index contributed by atoms with van der Waals surface area (Å²) in [5, 5.41) is 3.55. The highest BCUT2D eigenvalue weighted by molar-refractivity contribution is 5.44. The van der Waals surface area contributed by atoms with E-state index in [1.807, 2.05) is 6.07 Å². The van der Waals surface area contributed by atoms with E-state index in [2.05, 4.69) is 24.4 Å². The summed E-state index contributed by atoms with van der Waals surface area (Å²) in [6, 6.07) is 6.13. The molecule has 0 aromatic heterocycles. The van der Waals surface area contributed by atoms with Crippen molar-refractivity contribution < 1.29 is 14.2 Å². The van der Waals surface area contributed by atoms with E-state index in [-0.39, 0.29) is 0 Å². The molecule has 4 nitrogen and oxygen atoms in total. The van der Waals surface area contributed by atoms with Gasteiger partial charge in [0.15, 0.2) is 11.5 Å². The number of hydrogen-bond donors (Lipinski definition) is 1. The summed E-state index contributed by atoms with van der Waals surface area (Å²) in [7, 11) is 0. The van der Waals surface area contributed by atoms with E-state index in [0.29, 0.717) is 12.2 Å². The molecular weight excluding hydrogens is 242 g/mol. The van der Waals surface area contributed by atoms with E-state index >= 15 is 0 Å². The van der Waals surface area contributed by atoms with Crippen molar-refractivity contribution in [1.29, 1.82) is 0 Å². The Balaban J connectivity index is 1.52. The maximum atomic E-state index is 5.42. The summed E-state index contributed by atoms with van der Waals surface area (Å²) in [6.07, 6.45) is 2.28. The molecule has 3 rings (SSSR count). The van der Waals surface area contributed by atoms with E-state index in [0.717, 1.165) is 50.6 Å². The number of hydrogen-bond acceptors (Lipinski definition) is 4. The molecule has 2 heterocycles. The third kappa shape index (κ3) is 3.01. The van der Waals surface area contributed by atoms with Gasteiger partial charge in [-0.3, -0.25) is 0 Å². The van der Waals surface area contributed by atoms with Crippen molar-refractivity contribution in [3.63, 3.8) is 0 Å². The van der Waals surface area contributed by atoms with Gasteiger partial charge in [-0.2, -0.15) is 0 Å². The van der Waals surface area contributed by atoms with Crippen molar-refractivity contribution in [2.45, 2.75) is 26.3 Å². The van der Waals surface area contributed by atoms with Crippen LogP contribution < -0.4 is 14.8 Å². The average molecular weight is 263 g/mol. The lowest BCUT2D eigenvalue weighted by Crippen LogP contribution is -2.36. The van der Waals surface area contributed by atoms with E-state index in [4.69, 9.17) is 14.2 Å². The molecule has 4 heteroatoms. The molecule has 19 heavy (non-hydrogen) atoms. The molecule has 1 saturated heterocycles. The standard InChI is InChI=1S/C15H21NO3/c1-15(4-6-17-7-5-15)10-16-9-12-2-3-13-14(8-12)19-11-18-13/h2-3,8,16H,4-7,9-11H2,1H3. The van der Waals surface area contributed by atoms with Crippen molar-refractivity contribution in [2.75, 3.05) is 26.6 Å². The van der Waals surface area contributed by atoms with Crippen molar-refractivity contribution >= 4 is 0 Å². The highest BCUT2D eigenvalue weighted by Gasteiger charge is 2.26. The second-order valence-electron chi connectivity index (χ2n) is 5.71. The fourth-order valence-corrected chi connectivity index (χ4v) is 2.60. The Morgan fingerprint density at radius 3 is 2.79 bits per heavy atom. The van der Waals surface area contributed by atoms with Gasteiger partial charge in [0.25, 0.3) is 0 Å². The van der Waals surface area contributed by atoms with Crippen LogP contribution in [0.2, 0.25) is 0 Å². The predicted octanol–water partition coefficient (Wildman–Crippen LogP) is 2.32. The van der Waals surface area contributed by atoms with Crippen molar-refractivity contribution in [3.05, 3.63) is 23.8 Å². The molecule has 2 aliphatic rings. The quantitative estimate of drug-likeness (QED) is 0.905. The van der Waals surface area contributed by atoms with E-state index in [9.17, 15) is 0 Å². The minimum atomic E-state index is 0.338. The first-order valence-electron chi connectivity index (χ1n) is 6.92. The zero-order valence-corrected chi connectivity index (χ0v) is 11.4. The summed E-state index contributed by atoms with van der Waals surface area (Å²) in [5.74, 6) is 1.71. The first kappa shape index (κ1) is 12.8. The molecule has 0 aliphatic carbocycles. The van der Waals surface area contributed by atoms with Crippen LogP contribution >= 0.6 is 0 Å². The molecule has 104 valence electrons.